The highest BCUT2D eigenvalue weighted by molar-refractivity contribution is 5.99. The van der Waals surface area contributed by atoms with E-state index >= 15 is 0 Å². The van der Waals surface area contributed by atoms with Gasteiger partial charge in [-0.15, -0.1) is 0 Å². The molecule has 1 aromatic heterocycles. The highest BCUT2D eigenvalue weighted by Crippen LogP contribution is 2.16. The minimum Gasteiger partial charge on any atom is -0.387 e. The maximum atomic E-state index is 12.1. The van der Waals surface area contributed by atoms with Crippen molar-refractivity contribution in [2.75, 3.05) is 25.5 Å². The highest BCUT2D eigenvalue weighted by Gasteiger charge is 2.15. The third kappa shape index (κ3) is 3.93. The van der Waals surface area contributed by atoms with Crippen molar-refractivity contribution in [2.24, 2.45) is 0 Å². The van der Waals surface area contributed by atoms with E-state index in [1.807, 2.05) is 13.0 Å². The molecule has 1 aliphatic heterocycles. The summed E-state index contributed by atoms with van der Waals surface area (Å²) in [6.07, 6.45) is 6.27. The number of aromatic nitrogens is 1. The van der Waals surface area contributed by atoms with Crippen molar-refractivity contribution in [3.8, 4) is 0 Å². The second-order valence-electron chi connectivity index (χ2n) is 5.15. The summed E-state index contributed by atoms with van der Waals surface area (Å²) in [6.45, 7) is 3.40. The molecular formula is C15H23N3O2. The smallest absolute Gasteiger partial charge is 0.254 e. The standard InChI is InChI=1S/C15H23N3O2/c1-11-9-14(16-2)13(10-18-11)15(19)17-7-6-12-5-3-4-8-20-12/h9-10,12H,3-8H2,1-2H3,(H,16,18)(H,17,19). The van der Waals surface area contributed by atoms with Crippen LogP contribution in [0, 0.1) is 6.92 Å². The van der Waals surface area contributed by atoms with Gasteiger partial charge >= 0.3 is 0 Å². The van der Waals surface area contributed by atoms with Crippen molar-refractivity contribution in [3.63, 3.8) is 0 Å². The van der Waals surface area contributed by atoms with E-state index < -0.39 is 0 Å². The van der Waals surface area contributed by atoms with Gasteiger partial charge in [-0.25, -0.2) is 0 Å². The van der Waals surface area contributed by atoms with E-state index in [4.69, 9.17) is 4.74 Å². The van der Waals surface area contributed by atoms with Crippen LogP contribution in [0.15, 0.2) is 12.3 Å². The Labute approximate surface area is 120 Å². The fourth-order valence-corrected chi connectivity index (χ4v) is 2.42. The van der Waals surface area contributed by atoms with Gasteiger partial charge in [0.2, 0.25) is 0 Å². The summed E-state index contributed by atoms with van der Waals surface area (Å²) in [7, 11) is 1.81. The van der Waals surface area contributed by atoms with Crippen LogP contribution >= 0.6 is 0 Å². The van der Waals surface area contributed by atoms with Gasteiger partial charge in [-0.2, -0.15) is 0 Å². The van der Waals surface area contributed by atoms with Gasteiger partial charge in [0.05, 0.1) is 17.4 Å². The van der Waals surface area contributed by atoms with E-state index in [0.717, 1.165) is 37.3 Å². The zero-order chi connectivity index (χ0) is 14.4. The first-order valence-electron chi connectivity index (χ1n) is 7.25. The normalized spacial score (nSPS) is 18.6. The molecule has 1 amide bonds. The zero-order valence-corrected chi connectivity index (χ0v) is 12.2. The third-order valence-corrected chi connectivity index (χ3v) is 3.58. The van der Waals surface area contributed by atoms with E-state index in [-0.39, 0.29) is 5.91 Å². The first kappa shape index (κ1) is 14.8. The molecule has 1 aliphatic rings. The molecule has 5 nitrogen and oxygen atoms in total. The topological polar surface area (TPSA) is 63.2 Å². The van der Waals surface area contributed by atoms with Crippen LogP contribution in [-0.4, -0.2) is 37.2 Å². The molecule has 110 valence electrons. The van der Waals surface area contributed by atoms with Gasteiger partial charge in [-0.05, 0) is 38.7 Å². The number of pyridine rings is 1. The molecule has 0 spiro atoms. The van der Waals surface area contributed by atoms with Gasteiger partial charge in [-0.3, -0.25) is 9.78 Å². The molecule has 0 bridgehead atoms. The predicted octanol–water partition coefficient (Wildman–Crippen LogP) is 2.12. The number of rotatable bonds is 5. The third-order valence-electron chi connectivity index (χ3n) is 3.58. The Kier molecular flexibility index (Phi) is 5.35. The van der Waals surface area contributed by atoms with Crippen molar-refractivity contribution in [2.45, 2.75) is 38.7 Å². The maximum Gasteiger partial charge on any atom is 0.254 e. The van der Waals surface area contributed by atoms with Crippen molar-refractivity contribution >= 4 is 11.6 Å². The predicted molar refractivity (Wildman–Crippen MR) is 79.1 cm³/mol. The largest absolute Gasteiger partial charge is 0.387 e. The number of nitrogens with zero attached hydrogens (tertiary/aromatic N) is 1. The van der Waals surface area contributed by atoms with Gasteiger partial charge in [0.15, 0.2) is 0 Å². The Bertz CT molecular complexity index is 456. The molecule has 1 aromatic rings. The second-order valence-corrected chi connectivity index (χ2v) is 5.15. The Morgan fingerprint density at radius 1 is 1.50 bits per heavy atom. The van der Waals surface area contributed by atoms with Gasteiger partial charge in [0.1, 0.15) is 0 Å². The number of ether oxygens (including phenoxy) is 1. The second kappa shape index (κ2) is 7.24. The zero-order valence-electron chi connectivity index (χ0n) is 12.2. The van der Waals surface area contributed by atoms with Crippen molar-refractivity contribution in [1.82, 2.24) is 10.3 Å². The molecule has 0 aliphatic carbocycles. The maximum absolute atomic E-state index is 12.1. The van der Waals surface area contributed by atoms with Crippen LogP contribution in [0.25, 0.3) is 0 Å². The summed E-state index contributed by atoms with van der Waals surface area (Å²) in [5.41, 5.74) is 2.29. The lowest BCUT2D eigenvalue weighted by atomic mass is 10.1. The molecule has 20 heavy (non-hydrogen) atoms. The quantitative estimate of drug-likeness (QED) is 0.865. The van der Waals surface area contributed by atoms with Crippen molar-refractivity contribution in [3.05, 3.63) is 23.5 Å². The fraction of sp³-hybridized carbons (Fsp3) is 0.600. The number of anilines is 1. The molecule has 2 heterocycles. The number of hydrogen-bond acceptors (Lipinski definition) is 4. The number of hydrogen-bond donors (Lipinski definition) is 2. The molecule has 1 atom stereocenters. The summed E-state index contributed by atoms with van der Waals surface area (Å²) in [5, 5.41) is 5.97. The van der Waals surface area contributed by atoms with Crippen molar-refractivity contribution < 1.29 is 9.53 Å². The summed E-state index contributed by atoms with van der Waals surface area (Å²) in [6, 6.07) is 1.87. The lowest BCUT2D eigenvalue weighted by molar-refractivity contribution is 0.0117. The van der Waals surface area contributed by atoms with Crippen molar-refractivity contribution in [1.29, 1.82) is 0 Å². The summed E-state index contributed by atoms with van der Waals surface area (Å²) in [5.74, 6) is -0.0855. The Morgan fingerprint density at radius 2 is 2.35 bits per heavy atom. The fourth-order valence-electron chi connectivity index (χ4n) is 2.42. The number of aryl methyl sites for hydroxylation is 1. The molecule has 1 unspecified atom stereocenters. The van der Waals surface area contributed by atoms with E-state index in [2.05, 4.69) is 15.6 Å². The Balaban J connectivity index is 1.85. The molecule has 5 heteroatoms. The molecule has 2 N–H and O–H groups in total. The lowest BCUT2D eigenvalue weighted by Gasteiger charge is -2.22. The average molecular weight is 277 g/mol. The van der Waals surface area contributed by atoms with Gasteiger partial charge in [-0.1, -0.05) is 0 Å². The van der Waals surface area contributed by atoms with Crippen LogP contribution in [0.1, 0.15) is 41.7 Å². The molecular weight excluding hydrogens is 254 g/mol. The van der Waals surface area contributed by atoms with Crippen LogP contribution < -0.4 is 10.6 Å². The molecule has 0 saturated carbocycles. The molecule has 1 fully saturated rings. The summed E-state index contributed by atoms with van der Waals surface area (Å²) in [4.78, 5) is 16.3. The van der Waals surface area contributed by atoms with E-state index in [1.54, 1.807) is 13.2 Å². The molecule has 1 saturated heterocycles. The first-order valence-corrected chi connectivity index (χ1v) is 7.25. The minimum atomic E-state index is -0.0855. The lowest BCUT2D eigenvalue weighted by Crippen LogP contribution is -2.30. The monoisotopic (exact) mass is 277 g/mol. The SMILES string of the molecule is CNc1cc(C)ncc1C(=O)NCCC1CCCCO1. The molecule has 2 rings (SSSR count). The van der Waals surface area contributed by atoms with Crippen LogP contribution in [0.3, 0.4) is 0 Å². The summed E-state index contributed by atoms with van der Waals surface area (Å²) >= 11 is 0. The van der Waals surface area contributed by atoms with Crippen LogP contribution in [0.2, 0.25) is 0 Å². The van der Waals surface area contributed by atoms with Gasteiger partial charge < -0.3 is 15.4 Å². The Hall–Kier alpha value is -1.62. The van der Waals surface area contributed by atoms with Crippen LogP contribution in [0.4, 0.5) is 5.69 Å². The van der Waals surface area contributed by atoms with Gasteiger partial charge in [0.25, 0.3) is 5.91 Å². The van der Waals surface area contributed by atoms with Gasteiger partial charge in [0, 0.05) is 32.1 Å². The number of amides is 1. The van der Waals surface area contributed by atoms with E-state index in [0.29, 0.717) is 18.2 Å². The highest BCUT2D eigenvalue weighted by atomic mass is 16.5. The first-order chi connectivity index (χ1) is 9.70. The molecule has 0 radical (unpaired) electrons. The minimum absolute atomic E-state index is 0.0855. The number of nitrogens with one attached hydrogen (secondary N) is 2. The summed E-state index contributed by atoms with van der Waals surface area (Å²) < 4.78 is 5.65. The number of carbonyl (C=O) groups is 1. The van der Waals surface area contributed by atoms with E-state index in [1.165, 1.54) is 6.42 Å². The average Bonchev–Trinajstić information content (AvgIpc) is 2.48. The van der Waals surface area contributed by atoms with E-state index in [9.17, 15) is 4.79 Å². The Morgan fingerprint density at radius 3 is 3.05 bits per heavy atom. The van der Waals surface area contributed by atoms with Crippen LogP contribution in [0.5, 0.6) is 0 Å². The number of carbonyl (C=O) groups excluding carboxylic acids is 1. The van der Waals surface area contributed by atoms with Crippen LogP contribution in [-0.2, 0) is 4.74 Å². The molecule has 0 aromatic carbocycles.